The first-order chi connectivity index (χ1) is 9.30. The monoisotopic (exact) mass is 294 g/mol. The van der Waals surface area contributed by atoms with E-state index in [2.05, 4.69) is 0 Å². The summed E-state index contributed by atoms with van der Waals surface area (Å²) in [5.74, 6) is -1.21. The molecule has 1 atom stereocenters. The molecule has 2 rings (SSSR count). The fourth-order valence-electron chi connectivity index (χ4n) is 2.05. The van der Waals surface area contributed by atoms with Crippen molar-refractivity contribution in [1.29, 1.82) is 0 Å². The van der Waals surface area contributed by atoms with Gasteiger partial charge in [0.05, 0.1) is 0 Å². The second-order valence-corrected chi connectivity index (χ2v) is 5.88. The highest BCUT2D eigenvalue weighted by molar-refractivity contribution is 7.86. The Labute approximate surface area is 116 Å². The Morgan fingerprint density at radius 3 is 2.15 bits per heavy atom. The molecule has 2 aromatic rings. The molecule has 0 saturated heterocycles. The van der Waals surface area contributed by atoms with E-state index in [4.69, 9.17) is 4.55 Å². The van der Waals surface area contributed by atoms with Crippen LogP contribution >= 0.6 is 0 Å². The highest BCUT2D eigenvalue weighted by Gasteiger charge is 2.21. The van der Waals surface area contributed by atoms with Crippen molar-refractivity contribution in [3.05, 3.63) is 53.6 Å². The Morgan fingerprint density at radius 2 is 1.60 bits per heavy atom. The summed E-state index contributed by atoms with van der Waals surface area (Å²) in [6, 6.07) is 11.2. The average molecular weight is 294 g/mol. The maximum atomic E-state index is 11.2. The molecule has 0 saturated carbocycles. The third-order valence-corrected chi connectivity index (χ3v) is 4.04. The Balaban J connectivity index is 2.58. The van der Waals surface area contributed by atoms with Crippen LogP contribution in [0.25, 0.3) is 0 Å². The van der Waals surface area contributed by atoms with E-state index in [1.807, 2.05) is 30.3 Å². The van der Waals surface area contributed by atoms with E-state index in [-0.39, 0.29) is 11.7 Å². The predicted molar refractivity (Wildman–Crippen MR) is 73.5 cm³/mol. The van der Waals surface area contributed by atoms with Crippen LogP contribution in [0.5, 0.6) is 11.5 Å². The van der Waals surface area contributed by atoms with Gasteiger partial charge in [-0.15, -0.1) is 0 Å². The lowest BCUT2D eigenvalue weighted by molar-refractivity contribution is 0.427. The maximum Gasteiger partial charge on any atom is 0.298 e. The van der Waals surface area contributed by atoms with Crippen LogP contribution in [0.2, 0.25) is 0 Å². The van der Waals surface area contributed by atoms with Gasteiger partial charge in [-0.25, -0.2) is 0 Å². The van der Waals surface area contributed by atoms with E-state index >= 15 is 0 Å². The van der Waals surface area contributed by atoms with Crippen LogP contribution in [0.1, 0.15) is 24.0 Å². The molecule has 0 spiro atoms. The molecular formula is C14H14O5S. The second kappa shape index (κ2) is 5.15. The molecule has 3 N–H and O–H groups in total. The summed E-state index contributed by atoms with van der Waals surface area (Å²) in [5, 5.41) is 19.4. The summed E-state index contributed by atoms with van der Waals surface area (Å²) < 4.78 is 31.4. The van der Waals surface area contributed by atoms with E-state index in [0.717, 1.165) is 17.7 Å². The van der Waals surface area contributed by atoms with Gasteiger partial charge in [0.1, 0.15) is 16.4 Å². The van der Waals surface area contributed by atoms with Gasteiger partial charge < -0.3 is 10.2 Å². The van der Waals surface area contributed by atoms with E-state index in [1.54, 1.807) is 6.92 Å². The first kappa shape index (κ1) is 14.4. The number of aromatic hydroxyl groups is 2. The maximum absolute atomic E-state index is 11.2. The normalized spacial score (nSPS) is 13.1. The summed E-state index contributed by atoms with van der Waals surface area (Å²) in [5.41, 5.74) is 1.18. The molecular weight excluding hydrogens is 280 g/mol. The zero-order chi connectivity index (χ0) is 14.9. The van der Waals surface area contributed by atoms with Crippen molar-refractivity contribution in [3.8, 4) is 11.5 Å². The minimum Gasteiger partial charge on any atom is -0.508 e. The molecule has 0 radical (unpaired) electrons. The number of phenolic OH excluding ortho intramolecular Hbond substituents is 2. The van der Waals surface area contributed by atoms with Crippen molar-refractivity contribution in [2.75, 3.05) is 0 Å². The molecule has 2 aromatic carbocycles. The van der Waals surface area contributed by atoms with Crippen LogP contribution < -0.4 is 0 Å². The fraction of sp³-hybridized carbons (Fsp3) is 0.143. The number of benzene rings is 2. The van der Waals surface area contributed by atoms with Gasteiger partial charge in [0.2, 0.25) is 0 Å². The standard InChI is InChI=1S/C14H14O5S/c1-9(10-5-3-2-4-6-10)11-7-14(20(17,18)19)13(16)8-12(11)15/h2-9,15-16H,1H3,(H,17,18,19). The summed E-state index contributed by atoms with van der Waals surface area (Å²) in [7, 11) is -4.55. The Morgan fingerprint density at radius 1 is 1.00 bits per heavy atom. The second-order valence-electron chi connectivity index (χ2n) is 4.49. The predicted octanol–water partition coefficient (Wildman–Crippen LogP) is 2.50. The summed E-state index contributed by atoms with van der Waals surface area (Å²) in [6.45, 7) is 1.79. The molecule has 6 heteroatoms. The van der Waals surface area contributed by atoms with Crippen LogP contribution in [0.4, 0.5) is 0 Å². The molecule has 0 fully saturated rings. The lowest BCUT2D eigenvalue weighted by Gasteiger charge is -2.15. The number of hydrogen-bond donors (Lipinski definition) is 3. The molecule has 0 aliphatic carbocycles. The number of hydrogen-bond acceptors (Lipinski definition) is 4. The Kier molecular flexibility index (Phi) is 3.69. The molecule has 106 valence electrons. The third kappa shape index (κ3) is 2.76. The van der Waals surface area contributed by atoms with Crippen LogP contribution in [0.3, 0.4) is 0 Å². The van der Waals surface area contributed by atoms with Crippen molar-refractivity contribution in [2.24, 2.45) is 0 Å². The van der Waals surface area contributed by atoms with E-state index in [1.165, 1.54) is 0 Å². The summed E-state index contributed by atoms with van der Waals surface area (Å²) in [6.07, 6.45) is 0. The zero-order valence-corrected chi connectivity index (χ0v) is 11.5. The zero-order valence-electron chi connectivity index (χ0n) is 10.7. The summed E-state index contributed by atoms with van der Waals surface area (Å²) in [4.78, 5) is -0.618. The van der Waals surface area contributed by atoms with Gasteiger partial charge >= 0.3 is 0 Å². The van der Waals surface area contributed by atoms with Crippen LogP contribution in [0.15, 0.2) is 47.4 Å². The van der Waals surface area contributed by atoms with E-state index in [0.29, 0.717) is 5.56 Å². The number of phenols is 2. The van der Waals surface area contributed by atoms with Gasteiger partial charge in [0.15, 0.2) is 0 Å². The highest BCUT2D eigenvalue weighted by Crippen LogP contribution is 2.37. The molecule has 0 bridgehead atoms. The molecule has 0 heterocycles. The summed E-state index contributed by atoms with van der Waals surface area (Å²) >= 11 is 0. The first-order valence-electron chi connectivity index (χ1n) is 5.89. The van der Waals surface area contributed by atoms with Crippen molar-refractivity contribution in [1.82, 2.24) is 0 Å². The van der Waals surface area contributed by atoms with Crippen molar-refractivity contribution < 1.29 is 23.2 Å². The van der Waals surface area contributed by atoms with Gasteiger partial charge in [-0.05, 0) is 11.6 Å². The molecule has 5 nitrogen and oxygen atoms in total. The topological polar surface area (TPSA) is 94.8 Å². The molecule has 20 heavy (non-hydrogen) atoms. The first-order valence-corrected chi connectivity index (χ1v) is 7.33. The van der Waals surface area contributed by atoms with Gasteiger partial charge in [-0.3, -0.25) is 4.55 Å². The van der Waals surface area contributed by atoms with Crippen molar-refractivity contribution in [2.45, 2.75) is 17.7 Å². The fourth-order valence-corrected chi connectivity index (χ4v) is 2.65. The van der Waals surface area contributed by atoms with Crippen molar-refractivity contribution in [3.63, 3.8) is 0 Å². The molecule has 0 aliphatic heterocycles. The average Bonchev–Trinajstić information content (AvgIpc) is 2.37. The van der Waals surface area contributed by atoms with Gasteiger partial charge in [-0.2, -0.15) is 8.42 Å². The van der Waals surface area contributed by atoms with Crippen LogP contribution in [-0.4, -0.2) is 23.2 Å². The van der Waals surface area contributed by atoms with Crippen molar-refractivity contribution >= 4 is 10.1 Å². The minimum atomic E-state index is -4.55. The smallest absolute Gasteiger partial charge is 0.298 e. The number of rotatable bonds is 3. The Bertz CT molecular complexity index is 723. The molecule has 1 unspecified atom stereocenters. The Hall–Kier alpha value is -2.05. The SMILES string of the molecule is CC(c1ccccc1)c1cc(S(=O)(=O)O)c(O)cc1O. The van der Waals surface area contributed by atoms with E-state index < -0.39 is 20.8 Å². The minimum absolute atomic E-state index is 0.230. The third-order valence-electron chi connectivity index (χ3n) is 3.15. The molecule has 0 amide bonds. The quantitative estimate of drug-likeness (QED) is 0.756. The van der Waals surface area contributed by atoms with Gasteiger partial charge in [-0.1, -0.05) is 37.3 Å². The van der Waals surface area contributed by atoms with Gasteiger partial charge in [0, 0.05) is 17.5 Å². The largest absolute Gasteiger partial charge is 0.508 e. The van der Waals surface area contributed by atoms with E-state index in [9.17, 15) is 18.6 Å². The van der Waals surface area contributed by atoms with Crippen LogP contribution in [0, 0.1) is 0 Å². The van der Waals surface area contributed by atoms with Crippen LogP contribution in [-0.2, 0) is 10.1 Å². The lowest BCUT2D eigenvalue weighted by atomic mass is 9.92. The van der Waals surface area contributed by atoms with Gasteiger partial charge in [0.25, 0.3) is 10.1 Å². The lowest BCUT2D eigenvalue weighted by Crippen LogP contribution is -2.03. The molecule has 0 aromatic heterocycles. The molecule has 0 aliphatic rings. The highest BCUT2D eigenvalue weighted by atomic mass is 32.2.